The average Bonchev–Trinajstić information content (AvgIpc) is 1.91. The minimum absolute atomic E-state index is 0.538. The van der Waals surface area contributed by atoms with Crippen molar-refractivity contribution in [1.29, 1.82) is 0 Å². The van der Waals surface area contributed by atoms with Crippen LogP contribution >= 0.6 is 0 Å². The highest BCUT2D eigenvalue weighted by molar-refractivity contribution is 5.65. The second-order valence-electron chi connectivity index (χ2n) is 1.24. The first-order valence-corrected chi connectivity index (χ1v) is 2.46. The van der Waals surface area contributed by atoms with Crippen molar-refractivity contribution in [1.82, 2.24) is 5.06 Å². The lowest BCUT2D eigenvalue weighted by Crippen LogP contribution is -2.31. The molecule has 0 spiro atoms. The number of aliphatic hydroxyl groups excluding tert-OH is 2. The fourth-order valence-corrected chi connectivity index (χ4v) is 0.317. The molecule has 0 aromatic carbocycles. The molecule has 0 aliphatic rings. The number of ether oxygens (including phenoxy) is 1. The van der Waals surface area contributed by atoms with Crippen molar-refractivity contribution in [3.8, 4) is 0 Å². The van der Waals surface area contributed by atoms with Gasteiger partial charge in [-0.15, -0.1) is 0 Å². The minimum Gasteiger partial charge on any atom is -0.421 e. The largest absolute Gasteiger partial charge is 0.438 e. The van der Waals surface area contributed by atoms with E-state index in [1.807, 2.05) is 0 Å². The monoisotopic (exact) mass is 151 g/mol. The Balaban J connectivity index is 3.65. The predicted molar refractivity (Wildman–Crippen MR) is 29.5 cm³/mol. The number of carbonyl (C=O) groups is 1. The lowest BCUT2D eigenvalue weighted by atomic mass is 11.0. The summed E-state index contributed by atoms with van der Waals surface area (Å²) in [6.45, 7) is -1.35. The normalized spacial score (nSPS) is 9.10. The Kier molecular flexibility index (Phi) is 4.55. The number of nitrogens with zero attached hydrogens (tertiary/aromatic N) is 1. The molecule has 1 amide bonds. The van der Waals surface area contributed by atoms with Crippen molar-refractivity contribution in [2.45, 2.75) is 0 Å². The molecule has 10 heavy (non-hydrogen) atoms. The Morgan fingerprint density at radius 3 is 2.50 bits per heavy atom. The molecule has 6 heteroatoms. The molecule has 0 saturated carbocycles. The molecule has 0 heterocycles. The molecule has 60 valence electrons. The van der Waals surface area contributed by atoms with Crippen molar-refractivity contribution in [3.63, 3.8) is 0 Å². The van der Waals surface area contributed by atoms with E-state index in [4.69, 9.17) is 10.2 Å². The van der Waals surface area contributed by atoms with E-state index in [9.17, 15) is 4.79 Å². The highest BCUT2D eigenvalue weighted by Crippen LogP contribution is 1.90. The van der Waals surface area contributed by atoms with Gasteiger partial charge in [-0.3, -0.25) is 4.84 Å². The van der Waals surface area contributed by atoms with Crippen molar-refractivity contribution >= 4 is 6.09 Å². The van der Waals surface area contributed by atoms with E-state index in [1.54, 1.807) is 0 Å². The van der Waals surface area contributed by atoms with Crippen LogP contribution in [0.5, 0.6) is 0 Å². The fraction of sp³-hybridized carbons (Fsp3) is 0.750. The molecule has 2 N–H and O–H groups in total. The second-order valence-corrected chi connectivity index (χ2v) is 1.24. The maximum atomic E-state index is 10.5. The van der Waals surface area contributed by atoms with Gasteiger partial charge in [-0.2, -0.15) is 5.06 Å². The standard InChI is InChI=1S/C4H9NO5/c1-9-5(2-6)4(8)10-3-7/h6-7H,2-3H2,1H3. The molecule has 0 aliphatic carbocycles. The van der Waals surface area contributed by atoms with E-state index in [2.05, 4.69) is 9.57 Å². The zero-order valence-corrected chi connectivity index (χ0v) is 5.48. The van der Waals surface area contributed by atoms with Gasteiger partial charge in [-0.25, -0.2) is 4.79 Å². The van der Waals surface area contributed by atoms with Gasteiger partial charge in [0.15, 0.2) is 6.79 Å². The zero-order chi connectivity index (χ0) is 7.98. The second kappa shape index (κ2) is 4.98. The van der Waals surface area contributed by atoms with E-state index in [-0.39, 0.29) is 0 Å². The lowest BCUT2D eigenvalue weighted by molar-refractivity contribution is -0.155. The van der Waals surface area contributed by atoms with Crippen LogP contribution in [0.3, 0.4) is 0 Å². The maximum Gasteiger partial charge on any atom is 0.438 e. The molecular formula is C4H9NO5. The van der Waals surface area contributed by atoms with E-state index in [0.29, 0.717) is 5.06 Å². The van der Waals surface area contributed by atoms with Crippen LogP contribution < -0.4 is 0 Å². The third kappa shape index (κ3) is 2.62. The summed E-state index contributed by atoms with van der Waals surface area (Å²) in [5.74, 6) is 0. The van der Waals surface area contributed by atoms with E-state index < -0.39 is 19.6 Å². The number of carbonyl (C=O) groups excluding carboxylic acids is 1. The quantitative estimate of drug-likeness (QED) is 0.394. The minimum atomic E-state index is -0.937. The van der Waals surface area contributed by atoms with Crippen LogP contribution in [-0.2, 0) is 9.57 Å². The number of rotatable bonds is 3. The number of amides is 1. The summed E-state index contributed by atoms with van der Waals surface area (Å²) < 4.78 is 4.04. The van der Waals surface area contributed by atoms with Crippen LogP contribution in [0.2, 0.25) is 0 Å². The summed E-state index contributed by atoms with van der Waals surface area (Å²) in [5, 5.41) is 16.9. The molecule has 0 saturated heterocycles. The Hall–Kier alpha value is -0.850. The Bertz CT molecular complexity index is 102. The van der Waals surface area contributed by atoms with Gasteiger partial charge in [0.1, 0.15) is 6.73 Å². The predicted octanol–water partition coefficient (Wildman–Crippen LogP) is -1.11. The molecule has 0 aliphatic heterocycles. The van der Waals surface area contributed by atoms with Gasteiger partial charge in [-0.1, -0.05) is 0 Å². The molecule has 0 aromatic heterocycles. The topological polar surface area (TPSA) is 79.2 Å². The Morgan fingerprint density at radius 2 is 2.20 bits per heavy atom. The zero-order valence-electron chi connectivity index (χ0n) is 5.48. The summed E-state index contributed by atoms with van der Waals surface area (Å²) >= 11 is 0. The number of hydrogen-bond donors (Lipinski definition) is 2. The van der Waals surface area contributed by atoms with E-state index >= 15 is 0 Å². The first-order chi connectivity index (χ1) is 4.76. The van der Waals surface area contributed by atoms with Crippen LogP contribution in [-0.4, -0.2) is 42.0 Å². The summed E-state index contributed by atoms with van der Waals surface area (Å²) in [4.78, 5) is 14.8. The van der Waals surface area contributed by atoms with Gasteiger partial charge in [-0.05, 0) is 0 Å². The molecule has 0 fully saturated rings. The molecule has 0 unspecified atom stereocenters. The average molecular weight is 151 g/mol. The van der Waals surface area contributed by atoms with Gasteiger partial charge in [0.2, 0.25) is 0 Å². The third-order valence-electron chi connectivity index (χ3n) is 0.740. The fourth-order valence-electron chi connectivity index (χ4n) is 0.317. The third-order valence-corrected chi connectivity index (χ3v) is 0.740. The van der Waals surface area contributed by atoms with Crippen LogP contribution in [0, 0.1) is 0 Å². The first-order valence-electron chi connectivity index (χ1n) is 2.46. The molecule has 0 aromatic rings. The first kappa shape index (κ1) is 9.15. The number of hydroxylamine groups is 2. The Labute approximate surface area is 57.5 Å². The molecule has 0 radical (unpaired) electrons. The molecular weight excluding hydrogens is 142 g/mol. The van der Waals surface area contributed by atoms with Crippen LogP contribution in [0.15, 0.2) is 0 Å². The summed E-state index contributed by atoms with van der Waals surface area (Å²) in [6.07, 6.45) is -0.937. The van der Waals surface area contributed by atoms with Crippen molar-refractivity contribution in [3.05, 3.63) is 0 Å². The van der Waals surface area contributed by atoms with Gasteiger partial charge >= 0.3 is 6.09 Å². The van der Waals surface area contributed by atoms with Crippen LogP contribution in [0.25, 0.3) is 0 Å². The number of aliphatic hydroxyl groups is 2. The van der Waals surface area contributed by atoms with Crippen LogP contribution in [0.1, 0.15) is 0 Å². The van der Waals surface area contributed by atoms with Crippen LogP contribution in [0.4, 0.5) is 4.79 Å². The number of hydrogen-bond acceptors (Lipinski definition) is 5. The molecule has 0 rings (SSSR count). The van der Waals surface area contributed by atoms with E-state index in [1.165, 1.54) is 7.11 Å². The van der Waals surface area contributed by atoms with Gasteiger partial charge < -0.3 is 14.9 Å². The Morgan fingerprint density at radius 1 is 1.60 bits per heavy atom. The molecule has 6 nitrogen and oxygen atoms in total. The smallest absolute Gasteiger partial charge is 0.421 e. The summed E-state index contributed by atoms with van der Waals surface area (Å²) in [7, 11) is 1.19. The SMILES string of the molecule is CON(CO)C(=O)OCO. The van der Waals surface area contributed by atoms with Gasteiger partial charge in [0.05, 0.1) is 7.11 Å². The maximum absolute atomic E-state index is 10.5. The summed E-state index contributed by atoms with van der Waals surface area (Å²) in [6, 6.07) is 0. The molecule has 0 bridgehead atoms. The van der Waals surface area contributed by atoms with Crippen molar-refractivity contribution < 1.29 is 24.6 Å². The summed E-state index contributed by atoms with van der Waals surface area (Å²) in [5.41, 5.74) is 0. The van der Waals surface area contributed by atoms with Gasteiger partial charge in [0.25, 0.3) is 0 Å². The van der Waals surface area contributed by atoms with Crippen molar-refractivity contribution in [2.24, 2.45) is 0 Å². The van der Waals surface area contributed by atoms with E-state index in [0.717, 1.165) is 0 Å². The highest BCUT2D eigenvalue weighted by Gasteiger charge is 2.11. The lowest BCUT2D eigenvalue weighted by Gasteiger charge is -2.14. The van der Waals surface area contributed by atoms with Gasteiger partial charge in [0, 0.05) is 0 Å². The molecule has 0 atom stereocenters. The highest BCUT2D eigenvalue weighted by atomic mass is 16.7. The van der Waals surface area contributed by atoms with Crippen molar-refractivity contribution in [2.75, 3.05) is 20.6 Å².